The van der Waals surface area contributed by atoms with Crippen molar-refractivity contribution in [2.24, 2.45) is 0 Å². The third-order valence-corrected chi connectivity index (χ3v) is 4.25. The topological polar surface area (TPSA) is 75.6 Å². The van der Waals surface area contributed by atoms with E-state index in [4.69, 9.17) is 9.84 Å². The number of rotatable bonds is 7. The first-order chi connectivity index (χ1) is 11.8. The third kappa shape index (κ3) is 5.53. The van der Waals surface area contributed by atoms with Crippen molar-refractivity contribution in [3.05, 3.63) is 54.1 Å². The molecule has 0 fully saturated rings. The molecular weight excluding hydrogens is 338 g/mol. The molecule has 2 N–H and O–H groups in total. The number of amides is 1. The van der Waals surface area contributed by atoms with Crippen LogP contribution in [0.5, 0.6) is 5.75 Å². The van der Waals surface area contributed by atoms with Crippen LogP contribution in [0, 0.1) is 0 Å². The summed E-state index contributed by atoms with van der Waals surface area (Å²) in [7, 11) is 0. The van der Waals surface area contributed by atoms with E-state index in [1.165, 1.54) is 13.8 Å². The fourth-order valence-corrected chi connectivity index (χ4v) is 2.56. The Hall–Kier alpha value is -2.47. The molecular formula is C19H21NO4S. The Bertz CT molecular complexity index is 756. The number of benzene rings is 2. The molecule has 132 valence electrons. The van der Waals surface area contributed by atoms with Gasteiger partial charge >= 0.3 is 5.97 Å². The molecule has 5 nitrogen and oxygen atoms in total. The maximum Gasteiger partial charge on any atom is 0.347 e. The van der Waals surface area contributed by atoms with E-state index in [9.17, 15) is 9.59 Å². The maximum absolute atomic E-state index is 12.2. The molecule has 0 radical (unpaired) electrons. The monoisotopic (exact) mass is 359 g/mol. The zero-order valence-corrected chi connectivity index (χ0v) is 15.2. The van der Waals surface area contributed by atoms with Crippen molar-refractivity contribution in [2.45, 2.75) is 30.8 Å². The van der Waals surface area contributed by atoms with E-state index in [2.05, 4.69) is 5.32 Å². The van der Waals surface area contributed by atoms with Gasteiger partial charge in [-0.15, -0.1) is 11.8 Å². The average Bonchev–Trinajstić information content (AvgIpc) is 2.56. The molecule has 0 saturated carbocycles. The Morgan fingerprint density at radius 3 is 2.44 bits per heavy atom. The lowest BCUT2D eigenvalue weighted by molar-refractivity contribution is -0.152. The normalized spacial score (nSPS) is 11.0. The molecule has 0 spiro atoms. The van der Waals surface area contributed by atoms with Crippen LogP contribution in [-0.4, -0.2) is 28.8 Å². The molecule has 0 heterocycles. The molecule has 0 aliphatic heterocycles. The fourth-order valence-electron chi connectivity index (χ4n) is 2.11. The minimum Gasteiger partial charge on any atom is -0.478 e. The number of ether oxygens (including phenoxy) is 1. The van der Waals surface area contributed by atoms with Crippen LogP contribution in [0.25, 0.3) is 0 Å². The van der Waals surface area contributed by atoms with Crippen LogP contribution < -0.4 is 10.1 Å². The van der Waals surface area contributed by atoms with Gasteiger partial charge in [-0.25, -0.2) is 4.79 Å². The Balaban J connectivity index is 1.96. The highest BCUT2D eigenvalue weighted by molar-refractivity contribution is 7.98. The van der Waals surface area contributed by atoms with Crippen LogP contribution in [0.2, 0.25) is 0 Å². The van der Waals surface area contributed by atoms with Crippen LogP contribution in [0.1, 0.15) is 19.4 Å². The number of carbonyl (C=O) groups is 2. The largest absolute Gasteiger partial charge is 0.478 e. The average molecular weight is 359 g/mol. The first-order valence-electron chi connectivity index (χ1n) is 7.75. The van der Waals surface area contributed by atoms with E-state index in [1.54, 1.807) is 36.0 Å². The van der Waals surface area contributed by atoms with Gasteiger partial charge in [0.1, 0.15) is 5.75 Å². The number of hydrogen-bond acceptors (Lipinski definition) is 4. The van der Waals surface area contributed by atoms with E-state index < -0.39 is 11.6 Å². The second-order valence-electron chi connectivity index (χ2n) is 6.02. The minimum absolute atomic E-state index is 0.113. The van der Waals surface area contributed by atoms with Crippen LogP contribution in [0.4, 0.5) is 5.69 Å². The number of hydrogen-bond donors (Lipinski definition) is 2. The lowest BCUT2D eigenvalue weighted by atomic mass is 10.1. The van der Waals surface area contributed by atoms with E-state index in [0.717, 1.165) is 16.1 Å². The highest BCUT2D eigenvalue weighted by atomic mass is 32.2. The third-order valence-electron chi connectivity index (χ3n) is 3.53. The number of carbonyl (C=O) groups excluding carboxylic acids is 1. The van der Waals surface area contributed by atoms with Crippen molar-refractivity contribution in [3.8, 4) is 5.75 Å². The molecule has 0 aromatic heterocycles. The van der Waals surface area contributed by atoms with Crippen LogP contribution in [0.3, 0.4) is 0 Å². The van der Waals surface area contributed by atoms with Crippen LogP contribution >= 0.6 is 11.8 Å². The first kappa shape index (κ1) is 18.9. The summed E-state index contributed by atoms with van der Waals surface area (Å²) in [5, 5.41) is 11.9. The zero-order valence-electron chi connectivity index (χ0n) is 14.4. The predicted octanol–water partition coefficient (Wildman–Crippen LogP) is 3.83. The number of aliphatic carboxylic acids is 1. The molecule has 25 heavy (non-hydrogen) atoms. The van der Waals surface area contributed by atoms with Gasteiger partial charge in [0, 0.05) is 10.6 Å². The van der Waals surface area contributed by atoms with E-state index in [0.29, 0.717) is 5.75 Å². The number of carboxylic acids is 1. The van der Waals surface area contributed by atoms with Gasteiger partial charge in [-0.05, 0) is 56.0 Å². The molecule has 0 aliphatic carbocycles. The van der Waals surface area contributed by atoms with E-state index >= 15 is 0 Å². The predicted molar refractivity (Wildman–Crippen MR) is 99.3 cm³/mol. The standard InChI is InChI=1S/C19H21NO4S/c1-19(2,18(22)23)24-15-9-7-13(8-10-15)11-17(21)20-14-5-4-6-16(12-14)25-3/h4-10,12H,11H2,1-3H3,(H,20,21)(H,22,23). The Morgan fingerprint density at radius 2 is 1.84 bits per heavy atom. The number of anilines is 1. The summed E-state index contributed by atoms with van der Waals surface area (Å²) >= 11 is 1.62. The molecule has 0 saturated heterocycles. The molecule has 0 aliphatic rings. The van der Waals surface area contributed by atoms with Crippen molar-refractivity contribution in [1.82, 2.24) is 0 Å². The lowest BCUT2D eigenvalue weighted by Gasteiger charge is -2.21. The van der Waals surface area contributed by atoms with Gasteiger partial charge in [0.15, 0.2) is 5.60 Å². The Morgan fingerprint density at radius 1 is 1.16 bits per heavy atom. The molecule has 2 aromatic rings. The highest BCUT2D eigenvalue weighted by Gasteiger charge is 2.29. The molecule has 2 rings (SSSR count). The van der Waals surface area contributed by atoms with Gasteiger partial charge in [0.2, 0.25) is 5.91 Å². The lowest BCUT2D eigenvalue weighted by Crippen LogP contribution is -2.37. The Labute approximate surface area is 151 Å². The summed E-state index contributed by atoms with van der Waals surface area (Å²) in [5.41, 5.74) is 0.278. The van der Waals surface area contributed by atoms with Gasteiger partial charge in [-0.3, -0.25) is 4.79 Å². The molecule has 0 unspecified atom stereocenters. The summed E-state index contributed by atoms with van der Waals surface area (Å²) in [6, 6.07) is 14.5. The van der Waals surface area contributed by atoms with Gasteiger partial charge in [0.05, 0.1) is 6.42 Å². The van der Waals surface area contributed by atoms with Gasteiger partial charge in [0.25, 0.3) is 0 Å². The first-order valence-corrected chi connectivity index (χ1v) is 8.98. The van der Waals surface area contributed by atoms with Crippen LogP contribution in [-0.2, 0) is 16.0 Å². The zero-order chi connectivity index (χ0) is 18.4. The van der Waals surface area contributed by atoms with Crippen molar-refractivity contribution in [2.75, 3.05) is 11.6 Å². The smallest absolute Gasteiger partial charge is 0.347 e. The fraction of sp³-hybridized carbons (Fsp3) is 0.263. The second kappa shape index (κ2) is 8.07. The van der Waals surface area contributed by atoms with E-state index in [1.807, 2.05) is 30.5 Å². The van der Waals surface area contributed by atoms with E-state index in [-0.39, 0.29) is 12.3 Å². The quantitative estimate of drug-likeness (QED) is 0.735. The van der Waals surface area contributed by atoms with Gasteiger partial charge in [-0.2, -0.15) is 0 Å². The molecule has 0 atom stereocenters. The number of carboxylic acid groups (broad SMARTS) is 1. The summed E-state index contributed by atoms with van der Waals surface area (Å²) in [4.78, 5) is 24.3. The minimum atomic E-state index is -1.30. The SMILES string of the molecule is CSc1cccc(NC(=O)Cc2ccc(OC(C)(C)C(=O)O)cc2)c1. The Kier molecular flexibility index (Phi) is 6.09. The van der Waals surface area contributed by atoms with Crippen molar-refractivity contribution in [3.63, 3.8) is 0 Å². The molecule has 1 amide bonds. The molecule has 0 bridgehead atoms. The van der Waals surface area contributed by atoms with Crippen LogP contribution in [0.15, 0.2) is 53.4 Å². The molecule has 2 aromatic carbocycles. The number of thioether (sulfide) groups is 1. The van der Waals surface area contributed by atoms with Crippen molar-refractivity contribution in [1.29, 1.82) is 0 Å². The van der Waals surface area contributed by atoms with Gasteiger partial charge in [-0.1, -0.05) is 18.2 Å². The summed E-state index contributed by atoms with van der Waals surface area (Å²) in [6.45, 7) is 2.97. The van der Waals surface area contributed by atoms with Gasteiger partial charge < -0.3 is 15.2 Å². The second-order valence-corrected chi connectivity index (χ2v) is 6.90. The van der Waals surface area contributed by atoms with Crippen molar-refractivity contribution < 1.29 is 19.4 Å². The maximum atomic E-state index is 12.2. The molecule has 6 heteroatoms. The summed E-state index contributed by atoms with van der Waals surface area (Å²) < 4.78 is 5.44. The summed E-state index contributed by atoms with van der Waals surface area (Å²) in [5.74, 6) is -0.703. The summed E-state index contributed by atoms with van der Waals surface area (Å²) in [6.07, 6.45) is 2.21. The highest BCUT2D eigenvalue weighted by Crippen LogP contribution is 2.21. The number of nitrogens with one attached hydrogen (secondary N) is 1. The van der Waals surface area contributed by atoms with Crippen molar-refractivity contribution >= 4 is 29.3 Å².